The van der Waals surface area contributed by atoms with Gasteiger partial charge in [0.2, 0.25) is 5.88 Å². The van der Waals surface area contributed by atoms with Gasteiger partial charge in [0.15, 0.2) is 0 Å². The molecule has 3 N–H and O–H groups in total. The van der Waals surface area contributed by atoms with Gasteiger partial charge in [0.25, 0.3) is 0 Å². The molecule has 0 aliphatic rings. The maximum absolute atomic E-state index is 5.84. The maximum atomic E-state index is 5.84. The van der Waals surface area contributed by atoms with Crippen molar-refractivity contribution in [3.05, 3.63) is 24.2 Å². The zero-order valence-corrected chi connectivity index (χ0v) is 10.4. The van der Waals surface area contributed by atoms with Gasteiger partial charge in [-0.05, 0) is 6.92 Å². The van der Waals surface area contributed by atoms with E-state index < -0.39 is 0 Å². The summed E-state index contributed by atoms with van der Waals surface area (Å²) in [6.07, 6.45) is 4.93. The number of nitrogen functional groups attached to an aromatic ring is 1. The van der Waals surface area contributed by atoms with Gasteiger partial charge in [-0.15, -0.1) is 0 Å². The first kappa shape index (κ1) is 12.2. The van der Waals surface area contributed by atoms with Crippen molar-refractivity contribution < 1.29 is 4.74 Å². The summed E-state index contributed by atoms with van der Waals surface area (Å²) in [4.78, 5) is 8.29. The molecule has 0 spiro atoms. The van der Waals surface area contributed by atoms with Gasteiger partial charge in [-0.25, -0.2) is 0 Å². The molecule has 0 unspecified atom stereocenters. The van der Waals surface area contributed by atoms with Crippen LogP contribution in [0.2, 0.25) is 0 Å². The van der Waals surface area contributed by atoms with Gasteiger partial charge in [0.05, 0.1) is 25.2 Å². The Hall–Kier alpha value is -2.31. The lowest BCUT2D eigenvalue weighted by atomic mass is 10.3. The minimum absolute atomic E-state index is 0.502. The molecule has 0 aliphatic heterocycles. The fraction of sp³-hybridized carbons (Fsp3) is 0.364. The maximum Gasteiger partial charge on any atom is 0.234 e. The number of nitrogens with zero attached hydrogens (tertiary/aromatic N) is 4. The second-order valence-electron chi connectivity index (χ2n) is 3.71. The van der Waals surface area contributed by atoms with Crippen molar-refractivity contribution in [3.8, 4) is 5.88 Å². The Balaban J connectivity index is 2.01. The fourth-order valence-electron chi connectivity index (χ4n) is 1.47. The Bertz CT molecular complexity index is 524. The van der Waals surface area contributed by atoms with Crippen molar-refractivity contribution in [2.45, 2.75) is 13.5 Å². The summed E-state index contributed by atoms with van der Waals surface area (Å²) in [5, 5.41) is 7.19. The normalized spacial score (nSPS) is 10.3. The van der Waals surface area contributed by atoms with Crippen LogP contribution in [0.25, 0.3) is 0 Å². The Labute approximate surface area is 105 Å². The number of rotatable bonds is 5. The molecule has 0 saturated heterocycles. The van der Waals surface area contributed by atoms with E-state index in [1.807, 2.05) is 6.92 Å². The van der Waals surface area contributed by atoms with E-state index in [2.05, 4.69) is 20.4 Å². The highest BCUT2D eigenvalue weighted by Crippen LogP contribution is 2.13. The molecule has 2 rings (SSSR count). The van der Waals surface area contributed by atoms with Gasteiger partial charge in [-0.3, -0.25) is 9.67 Å². The Kier molecular flexibility index (Phi) is 3.61. The molecule has 2 heterocycles. The zero-order valence-electron chi connectivity index (χ0n) is 10.4. The predicted molar refractivity (Wildman–Crippen MR) is 68.1 cm³/mol. The summed E-state index contributed by atoms with van der Waals surface area (Å²) in [6, 6.07) is 0. The van der Waals surface area contributed by atoms with Crippen LogP contribution in [0.15, 0.2) is 18.6 Å². The topological polar surface area (TPSA) is 90.9 Å². The first-order valence-electron chi connectivity index (χ1n) is 5.65. The minimum Gasteiger partial charge on any atom is -0.477 e. The molecule has 0 amide bonds. The monoisotopic (exact) mass is 248 g/mol. The van der Waals surface area contributed by atoms with Gasteiger partial charge in [-0.1, -0.05) is 0 Å². The van der Waals surface area contributed by atoms with Crippen molar-refractivity contribution in [2.75, 3.05) is 17.7 Å². The second-order valence-corrected chi connectivity index (χ2v) is 3.71. The van der Waals surface area contributed by atoms with Gasteiger partial charge in [0, 0.05) is 19.2 Å². The lowest BCUT2D eigenvalue weighted by Gasteiger charge is -2.06. The Morgan fingerprint density at radius 1 is 1.39 bits per heavy atom. The van der Waals surface area contributed by atoms with Crippen LogP contribution in [-0.2, 0) is 13.6 Å². The molecule has 0 aliphatic carbocycles. The zero-order chi connectivity index (χ0) is 13.0. The summed E-state index contributed by atoms with van der Waals surface area (Å²) < 4.78 is 6.90. The minimum atomic E-state index is 0.502. The second kappa shape index (κ2) is 5.35. The molecule has 7 heteroatoms. The number of ether oxygens (including phenoxy) is 1. The molecule has 18 heavy (non-hydrogen) atoms. The third kappa shape index (κ3) is 2.68. The molecule has 0 fully saturated rings. The third-order valence-electron chi connectivity index (χ3n) is 2.43. The largest absolute Gasteiger partial charge is 0.477 e. The van der Waals surface area contributed by atoms with Gasteiger partial charge in [0.1, 0.15) is 11.6 Å². The van der Waals surface area contributed by atoms with E-state index >= 15 is 0 Å². The molecule has 2 aromatic heterocycles. The van der Waals surface area contributed by atoms with Crippen LogP contribution in [0.4, 0.5) is 11.6 Å². The lowest BCUT2D eigenvalue weighted by molar-refractivity contribution is 0.325. The van der Waals surface area contributed by atoms with Crippen LogP contribution in [0, 0.1) is 0 Å². The number of hydrogen-bond donors (Lipinski definition) is 2. The van der Waals surface area contributed by atoms with E-state index in [0.29, 0.717) is 30.7 Å². The van der Waals surface area contributed by atoms with Crippen LogP contribution < -0.4 is 15.8 Å². The summed E-state index contributed by atoms with van der Waals surface area (Å²) in [6.45, 7) is 3.01. The van der Waals surface area contributed by atoms with E-state index in [4.69, 9.17) is 10.5 Å². The van der Waals surface area contributed by atoms with Crippen molar-refractivity contribution in [3.63, 3.8) is 0 Å². The van der Waals surface area contributed by atoms with Gasteiger partial charge in [-0.2, -0.15) is 10.1 Å². The molecule has 0 aromatic carbocycles. The van der Waals surface area contributed by atoms with Crippen LogP contribution in [0.3, 0.4) is 0 Å². The highest BCUT2D eigenvalue weighted by atomic mass is 16.5. The predicted octanol–water partition coefficient (Wildman–Crippen LogP) is 0.803. The first-order valence-corrected chi connectivity index (χ1v) is 5.65. The standard InChI is InChI=1S/C11H16N6O/c1-3-18-10-7-13-6-9(16-10)14-4-8-5-15-17(2)11(8)12/h5-7H,3-4,12H2,1-2H3,(H,14,16). The molecule has 0 saturated carbocycles. The van der Waals surface area contributed by atoms with E-state index in [1.165, 1.54) is 0 Å². The smallest absolute Gasteiger partial charge is 0.234 e. The number of anilines is 2. The highest BCUT2D eigenvalue weighted by Gasteiger charge is 2.05. The lowest BCUT2D eigenvalue weighted by Crippen LogP contribution is -2.06. The molecule has 7 nitrogen and oxygen atoms in total. The SMILES string of the molecule is CCOc1cncc(NCc2cnn(C)c2N)n1. The molecule has 0 bridgehead atoms. The number of aromatic nitrogens is 4. The van der Waals surface area contributed by atoms with Crippen LogP contribution in [-0.4, -0.2) is 26.4 Å². The van der Waals surface area contributed by atoms with Crippen molar-refractivity contribution in [1.82, 2.24) is 19.7 Å². The number of aryl methyl sites for hydroxylation is 1. The summed E-state index contributed by atoms with van der Waals surface area (Å²) in [5.41, 5.74) is 6.76. The van der Waals surface area contributed by atoms with Gasteiger partial charge >= 0.3 is 0 Å². The van der Waals surface area contributed by atoms with Crippen LogP contribution in [0.5, 0.6) is 5.88 Å². The van der Waals surface area contributed by atoms with E-state index in [1.54, 1.807) is 30.3 Å². The molecule has 2 aromatic rings. The molecule has 0 radical (unpaired) electrons. The number of nitrogens with two attached hydrogens (primary N) is 1. The molecule has 0 atom stereocenters. The van der Waals surface area contributed by atoms with Crippen LogP contribution >= 0.6 is 0 Å². The van der Waals surface area contributed by atoms with Crippen molar-refractivity contribution >= 4 is 11.6 Å². The first-order chi connectivity index (χ1) is 8.70. The third-order valence-corrected chi connectivity index (χ3v) is 2.43. The van der Waals surface area contributed by atoms with Crippen LogP contribution in [0.1, 0.15) is 12.5 Å². The van der Waals surface area contributed by atoms with Gasteiger partial charge < -0.3 is 15.8 Å². The Morgan fingerprint density at radius 3 is 2.89 bits per heavy atom. The van der Waals surface area contributed by atoms with E-state index in [-0.39, 0.29) is 0 Å². The number of nitrogens with one attached hydrogen (secondary N) is 1. The molecule has 96 valence electrons. The summed E-state index contributed by atoms with van der Waals surface area (Å²) >= 11 is 0. The number of hydrogen-bond acceptors (Lipinski definition) is 6. The summed E-state index contributed by atoms with van der Waals surface area (Å²) in [5.74, 6) is 1.78. The average Bonchev–Trinajstić information content (AvgIpc) is 2.69. The Morgan fingerprint density at radius 2 is 2.22 bits per heavy atom. The average molecular weight is 248 g/mol. The van der Waals surface area contributed by atoms with E-state index in [9.17, 15) is 0 Å². The summed E-state index contributed by atoms with van der Waals surface area (Å²) in [7, 11) is 1.80. The highest BCUT2D eigenvalue weighted by molar-refractivity contribution is 5.42. The fourth-order valence-corrected chi connectivity index (χ4v) is 1.47. The van der Waals surface area contributed by atoms with Crippen molar-refractivity contribution in [2.24, 2.45) is 7.05 Å². The molecular weight excluding hydrogens is 232 g/mol. The van der Waals surface area contributed by atoms with Crippen molar-refractivity contribution in [1.29, 1.82) is 0 Å². The van der Waals surface area contributed by atoms with E-state index in [0.717, 1.165) is 5.56 Å². The quantitative estimate of drug-likeness (QED) is 0.813. The molecular formula is C11H16N6O.